The third kappa shape index (κ3) is 3.55. The fourth-order valence-corrected chi connectivity index (χ4v) is 2.12. The summed E-state index contributed by atoms with van der Waals surface area (Å²) in [5, 5.41) is 5.66. The Hall–Kier alpha value is -2.47. The van der Waals surface area contributed by atoms with Crippen molar-refractivity contribution in [1.29, 1.82) is 0 Å². The standard InChI is InChI=1S/C14H15ClN4O2/c1-8(20)17-12-4-3-10(6-11(12)15)18-14(21)13-5-9(16)7-19(13)2/h3-7H,16H2,1-2H3,(H,17,20)(H,18,21). The minimum atomic E-state index is -0.294. The molecule has 110 valence electrons. The Bertz CT molecular complexity index is 709. The maximum Gasteiger partial charge on any atom is 0.272 e. The smallest absolute Gasteiger partial charge is 0.272 e. The van der Waals surface area contributed by atoms with Gasteiger partial charge in [0.15, 0.2) is 0 Å². The minimum Gasteiger partial charge on any atom is -0.397 e. The van der Waals surface area contributed by atoms with Gasteiger partial charge in [0.25, 0.3) is 5.91 Å². The molecule has 0 aliphatic rings. The van der Waals surface area contributed by atoms with Gasteiger partial charge in [0.2, 0.25) is 5.91 Å². The van der Waals surface area contributed by atoms with E-state index >= 15 is 0 Å². The predicted molar refractivity (Wildman–Crippen MR) is 83.5 cm³/mol. The van der Waals surface area contributed by atoms with Crippen LogP contribution in [0, 0.1) is 0 Å². The van der Waals surface area contributed by atoms with Gasteiger partial charge in [-0.05, 0) is 24.3 Å². The number of anilines is 3. The Balaban J connectivity index is 2.16. The number of aromatic nitrogens is 1. The molecule has 0 atom stereocenters. The molecule has 0 fully saturated rings. The Morgan fingerprint density at radius 3 is 2.48 bits per heavy atom. The van der Waals surface area contributed by atoms with E-state index in [1.807, 2.05) is 0 Å². The number of hydrogen-bond acceptors (Lipinski definition) is 3. The van der Waals surface area contributed by atoms with Crippen molar-refractivity contribution in [3.63, 3.8) is 0 Å². The van der Waals surface area contributed by atoms with E-state index in [1.54, 1.807) is 42.1 Å². The molecule has 4 N–H and O–H groups in total. The van der Waals surface area contributed by atoms with Crippen molar-refractivity contribution in [2.75, 3.05) is 16.4 Å². The lowest BCUT2D eigenvalue weighted by atomic mass is 10.2. The van der Waals surface area contributed by atoms with E-state index in [0.717, 1.165) is 0 Å². The van der Waals surface area contributed by atoms with E-state index in [0.29, 0.717) is 27.8 Å². The van der Waals surface area contributed by atoms with Gasteiger partial charge < -0.3 is 20.9 Å². The molecule has 0 aliphatic carbocycles. The van der Waals surface area contributed by atoms with Gasteiger partial charge in [-0.2, -0.15) is 0 Å². The number of hydrogen-bond donors (Lipinski definition) is 3. The number of nitrogens with two attached hydrogens (primary N) is 1. The lowest BCUT2D eigenvalue weighted by Crippen LogP contribution is -2.15. The molecule has 0 saturated heterocycles. The lowest BCUT2D eigenvalue weighted by molar-refractivity contribution is -0.114. The van der Waals surface area contributed by atoms with E-state index in [9.17, 15) is 9.59 Å². The minimum absolute atomic E-state index is 0.215. The summed E-state index contributed by atoms with van der Waals surface area (Å²) in [6.45, 7) is 1.39. The second-order valence-corrected chi connectivity index (χ2v) is 5.01. The molecule has 0 spiro atoms. The highest BCUT2D eigenvalue weighted by atomic mass is 35.5. The first-order valence-corrected chi connectivity index (χ1v) is 6.55. The van der Waals surface area contributed by atoms with Crippen LogP contribution in [0.5, 0.6) is 0 Å². The molecular formula is C14H15ClN4O2. The number of benzene rings is 1. The molecule has 21 heavy (non-hydrogen) atoms. The van der Waals surface area contributed by atoms with Crippen LogP contribution in [0.4, 0.5) is 17.1 Å². The predicted octanol–water partition coefficient (Wildman–Crippen LogP) is 2.47. The van der Waals surface area contributed by atoms with E-state index in [4.69, 9.17) is 17.3 Å². The average Bonchev–Trinajstić information content (AvgIpc) is 2.71. The van der Waals surface area contributed by atoms with Crippen LogP contribution in [0.3, 0.4) is 0 Å². The molecule has 0 unspecified atom stereocenters. The van der Waals surface area contributed by atoms with Gasteiger partial charge in [0.1, 0.15) is 5.69 Å². The summed E-state index contributed by atoms with van der Waals surface area (Å²) in [6, 6.07) is 6.43. The Labute approximate surface area is 126 Å². The highest BCUT2D eigenvalue weighted by Gasteiger charge is 2.12. The second-order valence-electron chi connectivity index (χ2n) is 4.60. The molecule has 0 aliphatic heterocycles. The Kier molecular flexibility index (Phi) is 4.18. The number of nitrogens with zero attached hydrogens (tertiary/aromatic N) is 1. The Morgan fingerprint density at radius 1 is 1.24 bits per heavy atom. The normalized spacial score (nSPS) is 10.2. The molecule has 1 aromatic heterocycles. The third-order valence-corrected chi connectivity index (χ3v) is 3.11. The van der Waals surface area contributed by atoms with Crippen molar-refractivity contribution in [2.45, 2.75) is 6.92 Å². The number of amides is 2. The van der Waals surface area contributed by atoms with Crippen molar-refractivity contribution in [3.8, 4) is 0 Å². The van der Waals surface area contributed by atoms with Gasteiger partial charge in [-0.25, -0.2) is 0 Å². The van der Waals surface area contributed by atoms with Crippen LogP contribution >= 0.6 is 11.6 Å². The molecule has 6 nitrogen and oxygen atoms in total. The summed E-state index contributed by atoms with van der Waals surface area (Å²) in [7, 11) is 1.73. The van der Waals surface area contributed by atoms with Crippen molar-refractivity contribution < 1.29 is 9.59 Å². The van der Waals surface area contributed by atoms with Crippen molar-refractivity contribution >= 4 is 40.5 Å². The van der Waals surface area contributed by atoms with Crippen molar-refractivity contribution in [2.24, 2.45) is 7.05 Å². The zero-order valence-electron chi connectivity index (χ0n) is 11.6. The fourth-order valence-electron chi connectivity index (χ4n) is 1.89. The van der Waals surface area contributed by atoms with Crippen LogP contribution in [-0.4, -0.2) is 16.4 Å². The van der Waals surface area contributed by atoms with E-state index in [1.165, 1.54) is 6.92 Å². The SMILES string of the molecule is CC(=O)Nc1ccc(NC(=O)c2cc(N)cn2C)cc1Cl. The first-order chi connectivity index (χ1) is 9.86. The first kappa shape index (κ1) is 14.9. The summed E-state index contributed by atoms with van der Waals surface area (Å²) in [6.07, 6.45) is 1.65. The van der Waals surface area contributed by atoms with E-state index in [-0.39, 0.29) is 11.8 Å². The van der Waals surface area contributed by atoms with Crippen LogP contribution < -0.4 is 16.4 Å². The summed E-state index contributed by atoms with van der Waals surface area (Å²) in [5.74, 6) is -0.509. The van der Waals surface area contributed by atoms with Gasteiger partial charge in [-0.3, -0.25) is 9.59 Å². The second kappa shape index (κ2) is 5.88. The largest absolute Gasteiger partial charge is 0.397 e. The van der Waals surface area contributed by atoms with Crippen LogP contribution in [0.2, 0.25) is 5.02 Å². The summed E-state index contributed by atoms with van der Waals surface area (Å²) in [4.78, 5) is 23.1. The summed E-state index contributed by atoms with van der Waals surface area (Å²) in [5.41, 5.74) is 7.61. The van der Waals surface area contributed by atoms with Gasteiger partial charge in [0, 0.05) is 25.9 Å². The molecule has 2 rings (SSSR count). The number of carbonyl (C=O) groups excluding carboxylic acids is 2. The summed E-state index contributed by atoms with van der Waals surface area (Å²) < 4.78 is 1.64. The molecule has 2 aromatic rings. The average molecular weight is 307 g/mol. The van der Waals surface area contributed by atoms with Crippen LogP contribution in [0.1, 0.15) is 17.4 Å². The highest BCUT2D eigenvalue weighted by Crippen LogP contribution is 2.26. The molecule has 0 radical (unpaired) electrons. The lowest BCUT2D eigenvalue weighted by Gasteiger charge is -2.09. The van der Waals surface area contributed by atoms with Crippen LogP contribution in [-0.2, 0) is 11.8 Å². The zero-order valence-corrected chi connectivity index (χ0v) is 12.4. The van der Waals surface area contributed by atoms with Crippen molar-refractivity contribution in [3.05, 3.63) is 41.2 Å². The van der Waals surface area contributed by atoms with Gasteiger partial charge in [0.05, 0.1) is 16.4 Å². The zero-order chi connectivity index (χ0) is 15.6. The number of halogens is 1. The molecular weight excluding hydrogens is 292 g/mol. The molecule has 7 heteroatoms. The van der Waals surface area contributed by atoms with Gasteiger partial charge in [-0.1, -0.05) is 11.6 Å². The Morgan fingerprint density at radius 2 is 1.95 bits per heavy atom. The molecule has 2 amide bonds. The number of nitrogen functional groups attached to an aromatic ring is 1. The molecule has 0 saturated carbocycles. The fraction of sp³-hybridized carbons (Fsp3) is 0.143. The number of carbonyl (C=O) groups is 2. The molecule has 1 aromatic carbocycles. The molecule has 1 heterocycles. The first-order valence-electron chi connectivity index (χ1n) is 6.17. The number of rotatable bonds is 3. The monoisotopic (exact) mass is 306 g/mol. The van der Waals surface area contributed by atoms with Crippen molar-refractivity contribution in [1.82, 2.24) is 4.57 Å². The maximum atomic E-state index is 12.1. The number of nitrogens with one attached hydrogen (secondary N) is 2. The van der Waals surface area contributed by atoms with Gasteiger partial charge >= 0.3 is 0 Å². The van der Waals surface area contributed by atoms with Crippen LogP contribution in [0.15, 0.2) is 30.5 Å². The summed E-state index contributed by atoms with van der Waals surface area (Å²) >= 11 is 6.05. The number of aryl methyl sites for hydroxylation is 1. The highest BCUT2D eigenvalue weighted by molar-refractivity contribution is 6.34. The van der Waals surface area contributed by atoms with Crippen LogP contribution in [0.25, 0.3) is 0 Å². The third-order valence-electron chi connectivity index (χ3n) is 2.80. The van der Waals surface area contributed by atoms with E-state index < -0.39 is 0 Å². The van der Waals surface area contributed by atoms with E-state index in [2.05, 4.69) is 10.6 Å². The van der Waals surface area contributed by atoms with Gasteiger partial charge in [-0.15, -0.1) is 0 Å². The maximum absolute atomic E-state index is 12.1. The quantitative estimate of drug-likeness (QED) is 0.813. The topological polar surface area (TPSA) is 89.2 Å². The molecule has 0 bridgehead atoms.